The maximum Gasteiger partial charge on any atom is 0.147 e. The van der Waals surface area contributed by atoms with Crippen LogP contribution in [0.25, 0.3) is 11.0 Å². The second kappa shape index (κ2) is 4.54. The Morgan fingerprint density at radius 2 is 2.29 bits per heavy atom. The van der Waals surface area contributed by atoms with E-state index in [1.807, 2.05) is 23.9 Å². The molecule has 1 N–H and O–H groups in total. The van der Waals surface area contributed by atoms with E-state index in [2.05, 4.69) is 37.0 Å². The number of aromatic amines is 1. The van der Waals surface area contributed by atoms with Crippen LogP contribution in [0.1, 0.15) is 18.1 Å². The number of nitrogens with one attached hydrogen (secondary N) is 1. The third-order valence-electron chi connectivity index (χ3n) is 4.15. The lowest BCUT2D eigenvalue weighted by Gasteiger charge is -2.32. The van der Waals surface area contributed by atoms with E-state index in [0.29, 0.717) is 6.04 Å². The number of likely N-dealkylation sites (N-methyl/N-ethyl adjacent to an activating group) is 1. The number of aryl methyl sites for hydroxylation is 2. The van der Waals surface area contributed by atoms with Gasteiger partial charge in [0.15, 0.2) is 0 Å². The molecule has 1 aliphatic heterocycles. The molecular formula is C14H17N7. The predicted octanol–water partition coefficient (Wildman–Crippen LogP) is 1.31. The number of nitrogens with zero attached hydrogens (tertiary/aromatic N) is 6. The van der Waals surface area contributed by atoms with E-state index in [9.17, 15) is 0 Å². The summed E-state index contributed by atoms with van der Waals surface area (Å²) >= 11 is 0. The van der Waals surface area contributed by atoms with Crippen molar-refractivity contribution < 1.29 is 0 Å². The highest BCUT2D eigenvalue weighted by atomic mass is 15.4. The summed E-state index contributed by atoms with van der Waals surface area (Å²) < 4.78 is 2.02. The number of aromatic nitrogens is 6. The Labute approximate surface area is 122 Å². The fraction of sp³-hybridized carbons (Fsp3) is 0.429. The molecule has 0 fully saturated rings. The maximum atomic E-state index is 4.47. The van der Waals surface area contributed by atoms with Crippen LogP contribution < -0.4 is 4.90 Å². The Morgan fingerprint density at radius 3 is 3.19 bits per heavy atom. The van der Waals surface area contributed by atoms with Crippen molar-refractivity contribution in [2.24, 2.45) is 0 Å². The highest BCUT2D eigenvalue weighted by Gasteiger charge is 2.25. The zero-order valence-corrected chi connectivity index (χ0v) is 12.1. The van der Waals surface area contributed by atoms with Gasteiger partial charge in [-0.3, -0.25) is 0 Å². The Kier molecular flexibility index (Phi) is 2.66. The van der Waals surface area contributed by atoms with Crippen LogP contribution in [-0.4, -0.2) is 42.8 Å². The van der Waals surface area contributed by atoms with Crippen LogP contribution in [0.15, 0.2) is 18.6 Å². The van der Waals surface area contributed by atoms with Crippen molar-refractivity contribution in [1.29, 1.82) is 0 Å². The number of fused-ring (bicyclic) bond motifs is 2. The normalized spacial score (nSPS) is 17.9. The third-order valence-corrected chi connectivity index (χ3v) is 4.15. The largest absolute Gasteiger partial charge is 0.354 e. The molecule has 4 heterocycles. The standard InChI is InChI=1S/C14H17N7/c1-9-18-12-4-3-10(7-21(12)19-9)20(2)14-11-5-6-15-13(11)16-8-17-14/h5-6,8,10H,3-4,7H2,1-2H3,(H,15,16,17)/t10-/m1/s1. The molecule has 0 bridgehead atoms. The molecule has 0 unspecified atom stereocenters. The first-order valence-electron chi connectivity index (χ1n) is 7.13. The molecule has 0 aromatic carbocycles. The molecule has 0 saturated heterocycles. The molecular weight excluding hydrogens is 266 g/mol. The average Bonchev–Trinajstić information content (AvgIpc) is 3.09. The minimum Gasteiger partial charge on any atom is -0.354 e. The minimum atomic E-state index is 0.367. The van der Waals surface area contributed by atoms with Crippen LogP contribution in [0.4, 0.5) is 5.82 Å². The summed E-state index contributed by atoms with van der Waals surface area (Å²) in [5.41, 5.74) is 0.875. The van der Waals surface area contributed by atoms with Crippen molar-refractivity contribution >= 4 is 16.9 Å². The first-order valence-corrected chi connectivity index (χ1v) is 7.13. The second-order valence-electron chi connectivity index (χ2n) is 5.50. The molecule has 3 aromatic rings. The van der Waals surface area contributed by atoms with E-state index in [-0.39, 0.29) is 0 Å². The molecule has 1 atom stereocenters. The molecule has 21 heavy (non-hydrogen) atoms. The lowest BCUT2D eigenvalue weighted by atomic mass is 10.1. The highest BCUT2D eigenvalue weighted by Crippen LogP contribution is 2.26. The zero-order chi connectivity index (χ0) is 14.4. The van der Waals surface area contributed by atoms with Crippen LogP contribution in [0.3, 0.4) is 0 Å². The summed E-state index contributed by atoms with van der Waals surface area (Å²) in [6.07, 6.45) is 5.52. The van der Waals surface area contributed by atoms with Gasteiger partial charge in [0.2, 0.25) is 0 Å². The number of hydrogen-bond donors (Lipinski definition) is 1. The fourth-order valence-electron chi connectivity index (χ4n) is 3.05. The van der Waals surface area contributed by atoms with Gasteiger partial charge >= 0.3 is 0 Å². The molecule has 4 rings (SSSR count). The van der Waals surface area contributed by atoms with E-state index in [1.54, 1.807) is 6.33 Å². The number of hydrogen-bond acceptors (Lipinski definition) is 5. The van der Waals surface area contributed by atoms with Crippen LogP contribution in [0, 0.1) is 6.92 Å². The van der Waals surface area contributed by atoms with Gasteiger partial charge in [-0.2, -0.15) is 5.10 Å². The predicted molar refractivity (Wildman–Crippen MR) is 79.2 cm³/mol. The van der Waals surface area contributed by atoms with E-state index in [0.717, 1.165) is 47.9 Å². The highest BCUT2D eigenvalue weighted by molar-refractivity contribution is 5.87. The first kappa shape index (κ1) is 12.3. The first-order chi connectivity index (χ1) is 10.2. The maximum absolute atomic E-state index is 4.47. The summed E-state index contributed by atoms with van der Waals surface area (Å²) in [5.74, 6) is 2.90. The van der Waals surface area contributed by atoms with Crippen LogP contribution in [0.5, 0.6) is 0 Å². The summed E-state index contributed by atoms with van der Waals surface area (Å²) in [4.78, 5) is 18.5. The van der Waals surface area contributed by atoms with Crippen molar-refractivity contribution in [3.63, 3.8) is 0 Å². The smallest absolute Gasteiger partial charge is 0.147 e. The molecule has 108 valence electrons. The van der Waals surface area contributed by atoms with Gasteiger partial charge in [0, 0.05) is 19.7 Å². The van der Waals surface area contributed by atoms with Crippen LogP contribution >= 0.6 is 0 Å². The lowest BCUT2D eigenvalue weighted by Crippen LogP contribution is -2.40. The molecule has 0 spiro atoms. The van der Waals surface area contributed by atoms with Crippen molar-refractivity contribution in [2.75, 3.05) is 11.9 Å². The molecule has 0 amide bonds. The van der Waals surface area contributed by atoms with Gasteiger partial charge in [-0.25, -0.2) is 19.6 Å². The zero-order valence-electron chi connectivity index (χ0n) is 12.1. The molecule has 7 heteroatoms. The SMILES string of the molecule is Cc1nc2n(n1)C[C@H](N(C)c1ncnc3[nH]ccc13)CC2. The fourth-order valence-corrected chi connectivity index (χ4v) is 3.05. The average molecular weight is 283 g/mol. The molecule has 0 aliphatic carbocycles. The van der Waals surface area contributed by atoms with Gasteiger partial charge in [0.1, 0.15) is 29.4 Å². The Hall–Kier alpha value is -2.44. The minimum absolute atomic E-state index is 0.367. The number of H-pyrrole nitrogens is 1. The Morgan fingerprint density at radius 1 is 1.38 bits per heavy atom. The van der Waals surface area contributed by atoms with Gasteiger partial charge in [-0.05, 0) is 19.4 Å². The van der Waals surface area contributed by atoms with Gasteiger partial charge in [-0.15, -0.1) is 0 Å². The molecule has 0 saturated carbocycles. The summed E-state index contributed by atoms with van der Waals surface area (Å²) in [6.45, 7) is 2.79. The summed E-state index contributed by atoms with van der Waals surface area (Å²) in [6, 6.07) is 2.39. The third kappa shape index (κ3) is 1.96. The van der Waals surface area contributed by atoms with E-state index < -0.39 is 0 Å². The number of rotatable bonds is 2. The van der Waals surface area contributed by atoms with E-state index in [4.69, 9.17) is 0 Å². The van der Waals surface area contributed by atoms with Crippen LogP contribution in [-0.2, 0) is 13.0 Å². The topological polar surface area (TPSA) is 75.5 Å². The summed E-state index contributed by atoms with van der Waals surface area (Å²) in [7, 11) is 2.09. The van der Waals surface area contributed by atoms with Gasteiger partial charge in [0.05, 0.1) is 18.0 Å². The van der Waals surface area contributed by atoms with Crippen molar-refractivity contribution in [3.05, 3.63) is 30.2 Å². The van der Waals surface area contributed by atoms with Crippen molar-refractivity contribution in [3.8, 4) is 0 Å². The molecule has 1 aliphatic rings. The van der Waals surface area contributed by atoms with Crippen LogP contribution in [0.2, 0.25) is 0 Å². The molecule has 0 radical (unpaired) electrons. The molecule has 3 aromatic heterocycles. The quantitative estimate of drug-likeness (QED) is 0.767. The number of anilines is 1. The van der Waals surface area contributed by atoms with Crippen molar-refractivity contribution in [2.45, 2.75) is 32.4 Å². The van der Waals surface area contributed by atoms with Gasteiger partial charge < -0.3 is 9.88 Å². The van der Waals surface area contributed by atoms with Gasteiger partial charge in [0.25, 0.3) is 0 Å². The lowest BCUT2D eigenvalue weighted by molar-refractivity contribution is 0.407. The van der Waals surface area contributed by atoms with Gasteiger partial charge in [-0.1, -0.05) is 0 Å². The van der Waals surface area contributed by atoms with Crippen molar-refractivity contribution in [1.82, 2.24) is 29.7 Å². The molecule has 7 nitrogen and oxygen atoms in total. The Bertz CT molecular complexity index is 788. The second-order valence-corrected chi connectivity index (χ2v) is 5.50. The van der Waals surface area contributed by atoms with E-state index >= 15 is 0 Å². The Balaban J connectivity index is 1.66. The summed E-state index contributed by atoms with van der Waals surface area (Å²) in [5, 5.41) is 5.53. The van der Waals surface area contributed by atoms with E-state index in [1.165, 1.54) is 0 Å². The monoisotopic (exact) mass is 283 g/mol.